The Morgan fingerprint density at radius 3 is 2.35 bits per heavy atom. The van der Waals surface area contributed by atoms with Crippen molar-refractivity contribution in [3.63, 3.8) is 0 Å². The zero-order valence-corrected chi connectivity index (χ0v) is 11.2. The summed E-state index contributed by atoms with van der Waals surface area (Å²) in [5, 5.41) is 9.49. The van der Waals surface area contributed by atoms with Crippen molar-refractivity contribution in [2.24, 2.45) is 5.73 Å². The number of aliphatic hydroxyl groups excluding tert-OH is 1. The summed E-state index contributed by atoms with van der Waals surface area (Å²) in [5.74, 6) is 0. The first kappa shape index (κ1) is 14.2. The van der Waals surface area contributed by atoms with Crippen LogP contribution < -0.4 is 5.73 Å². The normalized spacial score (nSPS) is 16.9. The molecule has 0 saturated carbocycles. The van der Waals surface area contributed by atoms with Crippen molar-refractivity contribution in [1.29, 1.82) is 0 Å². The summed E-state index contributed by atoms with van der Waals surface area (Å²) in [6.07, 6.45) is -0.342. The lowest BCUT2D eigenvalue weighted by atomic mass is 9.95. The van der Waals surface area contributed by atoms with Gasteiger partial charge in [0.25, 0.3) is 0 Å². The van der Waals surface area contributed by atoms with Gasteiger partial charge in [-0.25, -0.2) is 0 Å². The molecule has 0 aromatic heterocycles. The molecule has 0 fully saturated rings. The average Bonchev–Trinajstić information content (AvgIpc) is 2.19. The molecule has 17 heavy (non-hydrogen) atoms. The van der Waals surface area contributed by atoms with Gasteiger partial charge in [-0.15, -0.1) is 0 Å². The third-order valence-electron chi connectivity index (χ3n) is 3.03. The minimum Gasteiger partial charge on any atom is -0.392 e. The van der Waals surface area contributed by atoms with Crippen LogP contribution in [-0.2, 0) is 0 Å². The Kier molecular flexibility index (Phi) is 5.12. The van der Waals surface area contributed by atoms with Crippen LogP contribution in [0.1, 0.15) is 31.0 Å². The van der Waals surface area contributed by atoms with E-state index in [-0.39, 0.29) is 18.2 Å². The fraction of sp³-hybridized carbons (Fsp3) is 0.571. The monoisotopic (exact) mass is 236 g/mol. The van der Waals surface area contributed by atoms with E-state index < -0.39 is 0 Å². The first-order valence-corrected chi connectivity index (χ1v) is 6.13. The lowest BCUT2D eigenvalue weighted by molar-refractivity contribution is 0.109. The Balaban J connectivity index is 2.97. The van der Waals surface area contributed by atoms with Crippen LogP contribution in [0.3, 0.4) is 0 Å². The van der Waals surface area contributed by atoms with Crippen molar-refractivity contribution in [2.75, 3.05) is 13.6 Å². The minimum absolute atomic E-state index is 0.0276. The third-order valence-corrected chi connectivity index (χ3v) is 3.03. The molecule has 3 heteroatoms. The maximum Gasteiger partial charge on any atom is 0.0639 e. The molecule has 0 amide bonds. The van der Waals surface area contributed by atoms with E-state index in [0.717, 1.165) is 0 Å². The summed E-state index contributed by atoms with van der Waals surface area (Å²) in [7, 11) is 2.01. The Labute approximate surface area is 104 Å². The van der Waals surface area contributed by atoms with Gasteiger partial charge in [0.2, 0.25) is 0 Å². The molecule has 3 atom stereocenters. The highest BCUT2D eigenvalue weighted by Crippen LogP contribution is 2.25. The molecule has 96 valence electrons. The lowest BCUT2D eigenvalue weighted by Crippen LogP contribution is -2.40. The maximum atomic E-state index is 9.49. The van der Waals surface area contributed by atoms with E-state index in [1.807, 2.05) is 26.1 Å². The Hall–Kier alpha value is -0.900. The standard InChI is InChI=1S/C14H24N2O/c1-10-7-5-6-8-13(10)14(12(3)15)16(4)9-11(2)17/h5-8,11-12,14,17H,9,15H2,1-4H3. The predicted octanol–water partition coefficient (Wildman–Crippen LogP) is 1.70. The number of nitrogens with two attached hydrogens (primary N) is 1. The van der Waals surface area contributed by atoms with Gasteiger partial charge in [-0.2, -0.15) is 0 Å². The number of nitrogens with zero attached hydrogens (tertiary/aromatic N) is 1. The molecule has 0 heterocycles. The second kappa shape index (κ2) is 6.15. The van der Waals surface area contributed by atoms with E-state index in [1.54, 1.807) is 6.92 Å². The molecule has 3 N–H and O–H groups in total. The van der Waals surface area contributed by atoms with Gasteiger partial charge in [0.05, 0.1) is 6.10 Å². The van der Waals surface area contributed by atoms with Crippen molar-refractivity contribution in [3.8, 4) is 0 Å². The zero-order chi connectivity index (χ0) is 13.0. The number of benzene rings is 1. The molecule has 3 unspecified atom stereocenters. The van der Waals surface area contributed by atoms with Gasteiger partial charge in [0.15, 0.2) is 0 Å². The number of hydrogen-bond acceptors (Lipinski definition) is 3. The van der Waals surface area contributed by atoms with E-state index >= 15 is 0 Å². The highest BCUT2D eigenvalue weighted by molar-refractivity contribution is 5.29. The Morgan fingerprint density at radius 1 is 1.29 bits per heavy atom. The molecule has 0 aliphatic heterocycles. The van der Waals surface area contributed by atoms with E-state index in [0.29, 0.717) is 6.54 Å². The van der Waals surface area contributed by atoms with Gasteiger partial charge in [-0.3, -0.25) is 4.90 Å². The van der Waals surface area contributed by atoms with Crippen LogP contribution in [0.5, 0.6) is 0 Å². The van der Waals surface area contributed by atoms with Crippen LogP contribution in [0.2, 0.25) is 0 Å². The smallest absolute Gasteiger partial charge is 0.0639 e. The zero-order valence-electron chi connectivity index (χ0n) is 11.2. The second-order valence-corrected chi connectivity index (χ2v) is 4.95. The number of rotatable bonds is 5. The van der Waals surface area contributed by atoms with Crippen LogP contribution in [0.15, 0.2) is 24.3 Å². The highest BCUT2D eigenvalue weighted by Gasteiger charge is 2.23. The van der Waals surface area contributed by atoms with Crippen molar-refractivity contribution < 1.29 is 5.11 Å². The largest absolute Gasteiger partial charge is 0.392 e. The van der Waals surface area contributed by atoms with Crippen molar-refractivity contribution in [2.45, 2.75) is 39.0 Å². The summed E-state index contributed by atoms with van der Waals surface area (Å²) < 4.78 is 0. The van der Waals surface area contributed by atoms with E-state index in [1.165, 1.54) is 11.1 Å². The quantitative estimate of drug-likeness (QED) is 0.818. The molecule has 0 bridgehead atoms. The Morgan fingerprint density at radius 2 is 1.88 bits per heavy atom. The lowest BCUT2D eigenvalue weighted by Gasteiger charge is -2.33. The van der Waals surface area contributed by atoms with Crippen LogP contribution in [0, 0.1) is 6.92 Å². The van der Waals surface area contributed by atoms with Gasteiger partial charge in [0.1, 0.15) is 0 Å². The molecule has 0 spiro atoms. The summed E-state index contributed by atoms with van der Waals surface area (Å²) in [6, 6.07) is 8.45. The van der Waals surface area contributed by atoms with Gasteiger partial charge in [-0.1, -0.05) is 24.3 Å². The molecule has 0 aliphatic rings. The molecule has 3 nitrogen and oxygen atoms in total. The molecular formula is C14H24N2O. The first-order valence-electron chi connectivity index (χ1n) is 6.13. The van der Waals surface area contributed by atoms with Gasteiger partial charge >= 0.3 is 0 Å². The molecule has 0 radical (unpaired) electrons. The maximum absolute atomic E-state index is 9.49. The van der Waals surface area contributed by atoms with Crippen LogP contribution in [0.4, 0.5) is 0 Å². The first-order chi connectivity index (χ1) is 7.93. The Bertz CT molecular complexity index is 350. The second-order valence-electron chi connectivity index (χ2n) is 4.95. The molecule has 1 aromatic carbocycles. The van der Waals surface area contributed by atoms with Crippen molar-refractivity contribution in [3.05, 3.63) is 35.4 Å². The fourth-order valence-electron chi connectivity index (χ4n) is 2.37. The van der Waals surface area contributed by atoms with Crippen LogP contribution in [-0.4, -0.2) is 35.7 Å². The van der Waals surface area contributed by atoms with Crippen LogP contribution >= 0.6 is 0 Å². The van der Waals surface area contributed by atoms with Gasteiger partial charge < -0.3 is 10.8 Å². The van der Waals surface area contributed by atoms with E-state index in [9.17, 15) is 5.11 Å². The number of aryl methyl sites for hydroxylation is 1. The third kappa shape index (κ3) is 3.80. The van der Waals surface area contributed by atoms with Gasteiger partial charge in [-0.05, 0) is 38.9 Å². The van der Waals surface area contributed by atoms with Gasteiger partial charge in [0, 0.05) is 18.6 Å². The summed E-state index contributed by atoms with van der Waals surface area (Å²) in [5.41, 5.74) is 8.58. The van der Waals surface area contributed by atoms with Crippen molar-refractivity contribution in [1.82, 2.24) is 4.90 Å². The SMILES string of the molecule is Cc1ccccc1C(C(C)N)N(C)CC(C)O. The average molecular weight is 236 g/mol. The molecule has 0 saturated heterocycles. The molecule has 1 aromatic rings. The van der Waals surface area contributed by atoms with Crippen molar-refractivity contribution >= 4 is 0 Å². The molecule has 0 aliphatic carbocycles. The minimum atomic E-state index is -0.342. The number of aliphatic hydroxyl groups is 1. The summed E-state index contributed by atoms with van der Waals surface area (Å²) in [6.45, 7) is 6.53. The van der Waals surface area contributed by atoms with E-state index in [4.69, 9.17) is 5.73 Å². The van der Waals surface area contributed by atoms with Crippen LogP contribution in [0.25, 0.3) is 0 Å². The predicted molar refractivity (Wildman–Crippen MR) is 71.9 cm³/mol. The number of likely N-dealkylation sites (N-methyl/N-ethyl adjacent to an activating group) is 1. The van der Waals surface area contributed by atoms with E-state index in [2.05, 4.69) is 24.0 Å². The highest BCUT2D eigenvalue weighted by atomic mass is 16.3. The summed E-state index contributed by atoms with van der Waals surface area (Å²) >= 11 is 0. The molecular weight excluding hydrogens is 212 g/mol. The topological polar surface area (TPSA) is 49.5 Å². The summed E-state index contributed by atoms with van der Waals surface area (Å²) in [4.78, 5) is 2.12. The number of hydrogen-bond donors (Lipinski definition) is 2. The molecule has 1 rings (SSSR count). The fourth-order valence-corrected chi connectivity index (χ4v) is 2.37.